The zero-order valence-corrected chi connectivity index (χ0v) is 20.6. The fourth-order valence-electron chi connectivity index (χ4n) is 4.25. The molecular formula is C28H54O2. The minimum atomic E-state index is 0.424. The van der Waals surface area contributed by atoms with Crippen LogP contribution in [0.3, 0.4) is 0 Å². The van der Waals surface area contributed by atoms with Crippen LogP contribution >= 0.6 is 0 Å². The quantitative estimate of drug-likeness (QED) is 0.103. The van der Waals surface area contributed by atoms with Gasteiger partial charge in [0.15, 0.2) is 0 Å². The normalized spacial score (nSPS) is 11.1. The van der Waals surface area contributed by atoms with Crippen molar-refractivity contribution in [3.63, 3.8) is 0 Å². The number of hydrogen-bond acceptors (Lipinski definition) is 2. The standard InChI is InChI=1S/C28H54O2/c1-2-3-4-5-6-7-8-9-10-11-12-13-14-15-16-17-18-19-22-25-28(30)26-23-20-21-24-27-29/h27H,2-26H2,1H3. The molecule has 0 N–H and O–H groups in total. The molecule has 0 aromatic heterocycles. The molecule has 0 bridgehead atoms. The Morgan fingerprint density at radius 3 is 1.10 bits per heavy atom. The van der Waals surface area contributed by atoms with Crippen molar-refractivity contribution in [2.75, 3.05) is 0 Å². The Morgan fingerprint density at radius 1 is 0.467 bits per heavy atom. The van der Waals surface area contributed by atoms with Crippen LogP contribution in [0, 0.1) is 0 Å². The Labute approximate surface area is 189 Å². The summed E-state index contributed by atoms with van der Waals surface area (Å²) in [5.74, 6) is 0.424. The van der Waals surface area contributed by atoms with Gasteiger partial charge in [-0.1, -0.05) is 129 Å². The smallest absolute Gasteiger partial charge is 0.132 e. The van der Waals surface area contributed by atoms with Gasteiger partial charge in [-0.15, -0.1) is 0 Å². The monoisotopic (exact) mass is 422 g/mol. The van der Waals surface area contributed by atoms with Crippen LogP contribution in [-0.2, 0) is 9.59 Å². The van der Waals surface area contributed by atoms with Crippen molar-refractivity contribution in [3.8, 4) is 0 Å². The van der Waals surface area contributed by atoms with E-state index in [2.05, 4.69) is 6.92 Å². The van der Waals surface area contributed by atoms with Gasteiger partial charge in [0.05, 0.1) is 0 Å². The predicted molar refractivity (Wildman–Crippen MR) is 132 cm³/mol. The van der Waals surface area contributed by atoms with Crippen LogP contribution in [0.25, 0.3) is 0 Å². The molecule has 0 aromatic rings. The number of Topliss-reactive ketones (excluding diaryl/α,β-unsaturated/α-hetero) is 1. The van der Waals surface area contributed by atoms with Gasteiger partial charge in [0.2, 0.25) is 0 Å². The molecule has 2 heteroatoms. The fraction of sp³-hybridized carbons (Fsp3) is 0.929. The van der Waals surface area contributed by atoms with Crippen LogP contribution in [-0.4, -0.2) is 12.1 Å². The first-order chi connectivity index (χ1) is 14.8. The molecule has 0 saturated carbocycles. The summed E-state index contributed by atoms with van der Waals surface area (Å²) in [6.45, 7) is 2.29. The zero-order valence-electron chi connectivity index (χ0n) is 20.6. The maximum Gasteiger partial charge on any atom is 0.132 e. The SMILES string of the molecule is CCCCCCCCCCCCCCCCCCCCCC(=O)CCCCCC=O. The Balaban J connectivity index is 3.09. The first-order valence-electron chi connectivity index (χ1n) is 13.8. The van der Waals surface area contributed by atoms with E-state index < -0.39 is 0 Å². The predicted octanol–water partition coefficient (Wildman–Crippen LogP) is 9.53. The molecule has 0 rings (SSSR count). The molecular weight excluding hydrogens is 368 g/mol. The lowest BCUT2D eigenvalue weighted by molar-refractivity contribution is -0.119. The second-order valence-electron chi connectivity index (χ2n) is 9.42. The lowest BCUT2D eigenvalue weighted by Gasteiger charge is -2.04. The second kappa shape index (κ2) is 26.4. The third-order valence-electron chi connectivity index (χ3n) is 6.34. The highest BCUT2D eigenvalue weighted by molar-refractivity contribution is 5.78. The lowest BCUT2D eigenvalue weighted by Crippen LogP contribution is -1.97. The number of aldehydes is 1. The average molecular weight is 423 g/mol. The summed E-state index contributed by atoms with van der Waals surface area (Å²) in [7, 11) is 0. The molecule has 0 aromatic carbocycles. The minimum absolute atomic E-state index is 0.424. The summed E-state index contributed by atoms with van der Waals surface area (Å²) in [5.41, 5.74) is 0. The molecule has 178 valence electrons. The molecule has 0 saturated heterocycles. The molecule has 0 heterocycles. The molecule has 0 atom stereocenters. The molecule has 0 amide bonds. The Hall–Kier alpha value is -0.660. The van der Waals surface area contributed by atoms with Gasteiger partial charge in [-0.25, -0.2) is 0 Å². The molecule has 0 aliphatic heterocycles. The van der Waals surface area contributed by atoms with Crippen LogP contribution in [0.5, 0.6) is 0 Å². The lowest BCUT2D eigenvalue weighted by atomic mass is 10.0. The summed E-state index contributed by atoms with van der Waals surface area (Å²) >= 11 is 0. The molecule has 0 unspecified atom stereocenters. The largest absolute Gasteiger partial charge is 0.303 e. The molecule has 0 aliphatic rings. The molecule has 30 heavy (non-hydrogen) atoms. The molecule has 0 fully saturated rings. The van der Waals surface area contributed by atoms with Crippen molar-refractivity contribution < 1.29 is 9.59 Å². The fourth-order valence-corrected chi connectivity index (χ4v) is 4.25. The van der Waals surface area contributed by atoms with Crippen LogP contribution in [0.2, 0.25) is 0 Å². The van der Waals surface area contributed by atoms with Gasteiger partial charge in [0.25, 0.3) is 0 Å². The highest BCUT2D eigenvalue weighted by Crippen LogP contribution is 2.15. The van der Waals surface area contributed by atoms with E-state index in [1.165, 1.54) is 116 Å². The Kier molecular flexibility index (Phi) is 25.8. The Bertz CT molecular complexity index is 351. The van der Waals surface area contributed by atoms with E-state index >= 15 is 0 Å². The van der Waals surface area contributed by atoms with Crippen molar-refractivity contribution >= 4 is 12.1 Å². The minimum Gasteiger partial charge on any atom is -0.303 e. The van der Waals surface area contributed by atoms with Gasteiger partial charge in [0.1, 0.15) is 12.1 Å². The van der Waals surface area contributed by atoms with Gasteiger partial charge < -0.3 is 4.79 Å². The number of carbonyl (C=O) groups is 2. The summed E-state index contributed by atoms with van der Waals surface area (Å²) < 4.78 is 0. The van der Waals surface area contributed by atoms with Crippen molar-refractivity contribution in [3.05, 3.63) is 0 Å². The van der Waals surface area contributed by atoms with Crippen molar-refractivity contribution in [1.82, 2.24) is 0 Å². The van der Waals surface area contributed by atoms with Crippen LogP contribution in [0.1, 0.15) is 167 Å². The van der Waals surface area contributed by atoms with Crippen molar-refractivity contribution in [1.29, 1.82) is 0 Å². The van der Waals surface area contributed by atoms with E-state index in [1.807, 2.05) is 0 Å². The van der Waals surface area contributed by atoms with Gasteiger partial charge in [-0.3, -0.25) is 4.79 Å². The van der Waals surface area contributed by atoms with E-state index in [-0.39, 0.29) is 0 Å². The van der Waals surface area contributed by atoms with Gasteiger partial charge in [-0.2, -0.15) is 0 Å². The molecule has 0 aliphatic carbocycles. The third-order valence-corrected chi connectivity index (χ3v) is 6.34. The van der Waals surface area contributed by atoms with E-state index in [4.69, 9.17) is 0 Å². The average Bonchev–Trinajstić information content (AvgIpc) is 2.75. The first kappa shape index (κ1) is 29.3. The number of rotatable bonds is 26. The van der Waals surface area contributed by atoms with E-state index in [1.54, 1.807) is 0 Å². The van der Waals surface area contributed by atoms with Crippen molar-refractivity contribution in [2.24, 2.45) is 0 Å². The molecule has 2 nitrogen and oxygen atoms in total. The number of hydrogen-bond donors (Lipinski definition) is 0. The van der Waals surface area contributed by atoms with Crippen LogP contribution < -0.4 is 0 Å². The van der Waals surface area contributed by atoms with Crippen LogP contribution in [0.15, 0.2) is 0 Å². The highest BCUT2D eigenvalue weighted by atomic mass is 16.1. The number of ketones is 1. The first-order valence-corrected chi connectivity index (χ1v) is 13.8. The van der Waals surface area contributed by atoms with Crippen molar-refractivity contribution in [2.45, 2.75) is 167 Å². The Morgan fingerprint density at radius 2 is 0.767 bits per heavy atom. The summed E-state index contributed by atoms with van der Waals surface area (Å²) in [4.78, 5) is 22.0. The maximum atomic E-state index is 11.8. The van der Waals surface area contributed by atoms with E-state index in [0.717, 1.165) is 44.8 Å². The zero-order chi connectivity index (χ0) is 22.0. The number of unbranched alkanes of at least 4 members (excludes halogenated alkanes) is 21. The maximum absolute atomic E-state index is 11.8. The highest BCUT2D eigenvalue weighted by Gasteiger charge is 2.02. The second-order valence-corrected chi connectivity index (χ2v) is 9.42. The van der Waals surface area contributed by atoms with E-state index in [0.29, 0.717) is 12.2 Å². The third kappa shape index (κ3) is 25.4. The molecule has 0 spiro atoms. The number of carbonyl (C=O) groups excluding carboxylic acids is 2. The summed E-state index contributed by atoms with van der Waals surface area (Å²) in [6, 6.07) is 0. The topological polar surface area (TPSA) is 34.1 Å². The van der Waals surface area contributed by atoms with Gasteiger partial charge >= 0.3 is 0 Å². The van der Waals surface area contributed by atoms with Gasteiger partial charge in [-0.05, 0) is 19.3 Å². The molecule has 0 radical (unpaired) electrons. The summed E-state index contributed by atoms with van der Waals surface area (Å²) in [5, 5.41) is 0. The van der Waals surface area contributed by atoms with E-state index in [9.17, 15) is 9.59 Å². The summed E-state index contributed by atoms with van der Waals surface area (Å²) in [6.07, 6.45) is 32.4. The van der Waals surface area contributed by atoms with Crippen LogP contribution in [0.4, 0.5) is 0 Å². The van der Waals surface area contributed by atoms with Gasteiger partial charge in [0, 0.05) is 19.3 Å².